The van der Waals surface area contributed by atoms with Gasteiger partial charge in [0.15, 0.2) is 0 Å². The summed E-state index contributed by atoms with van der Waals surface area (Å²) in [6.45, 7) is 10.1. The van der Waals surface area contributed by atoms with Crippen LogP contribution in [0.25, 0.3) is 0 Å². The van der Waals surface area contributed by atoms with Gasteiger partial charge >= 0.3 is 0 Å². The molecular weight excluding hydrogens is 374 g/mol. The van der Waals surface area contributed by atoms with Crippen LogP contribution in [0.3, 0.4) is 0 Å². The molecule has 1 atom stereocenters. The monoisotopic (exact) mass is 407 g/mol. The Morgan fingerprint density at radius 2 is 1.70 bits per heavy atom. The first-order chi connectivity index (χ1) is 14.5. The van der Waals surface area contributed by atoms with Gasteiger partial charge in [0.2, 0.25) is 0 Å². The summed E-state index contributed by atoms with van der Waals surface area (Å²) in [7, 11) is 0. The number of para-hydroxylation sites is 1. The molecule has 0 bridgehead atoms. The lowest BCUT2D eigenvalue weighted by Crippen LogP contribution is -2.38. The lowest BCUT2D eigenvalue weighted by molar-refractivity contribution is 0.0688. The van der Waals surface area contributed by atoms with Gasteiger partial charge in [-0.1, -0.05) is 44.2 Å². The standard InChI is InChI=1S/C25H33N3O2/c1-20(2)24-6-3-4-7-25(24)30-19-23(29)18-28-13-5-12-27(14-15-28)17-22-10-8-21(16-26)9-11-22/h3-4,6-11,20,23,29H,5,12-15,17-19H2,1-2H3/t23-/m1/s1. The number of β-amino-alcohol motifs (C(OH)–C–C–N with tert-alkyl or cyclic N) is 1. The van der Waals surface area contributed by atoms with Crippen molar-refractivity contribution in [2.45, 2.75) is 38.8 Å². The third-order valence-electron chi connectivity index (χ3n) is 5.61. The predicted molar refractivity (Wildman–Crippen MR) is 120 cm³/mol. The van der Waals surface area contributed by atoms with Gasteiger partial charge in [0.1, 0.15) is 18.5 Å². The van der Waals surface area contributed by atoms with E-state index in [2.05, 4.69) is 35.8 Å². The molecule has 30 heavy (non-hydrogen) atoms. The van der Waals surface area contributed by atoms with Crippen LogP contribution in [0.4, 0.5) is 0 Å². The Morgan fingerprint density at radius 3 is 2.43 bits per heavy atom. The van der Waals surface area contributed by atoms with E-state index in [9.17, 15) is 5.11 Å². The highest BCUT2D eigenvalue weighted by molar-refractivity contribution is 5.35. The van der Waals surface area contributed by atoms with Gasteiger partial charge in [-0.3, -0.25) is 9.80 Å². The summed E-state index contributed by atoms with van der Waals surface area (Å²) in [5, 5.41) is 19.5. The molecule has 5 heteroatoms. The fourth-order valence-corrected chi connectivity index (χ4v) is 3.93. The Hall–Kier alpha value is -2.39. The van der Waals surface area contributed by atoms with Crippen molar-refractivity contribution >= 4 is 0 Å². The maximum absolute atomic E-state index is 10.5. The van der Waals surface area contributed by atoms with E-state index in [1.807, 2.05) is 42.5 Å². The van der Waals surface area contributed by atoms with E-state index in [0.29, 0.717) is 24.6 Å². The first kappa shape index (κ1) is 22.3. The molecule has 2 aromatic rings. The third kappa shape index (κ3) is 6.56. The van der Waals surface area contributed by atoms with Crippen molar-refractivity contribution in [2.24, 2.45) is 0 Å². The molecular formula is C25H33N3O2. The van der Waals surface area contributed by atoms with Crippen molar-refractivity contribution in [1.29, 1.82) is 5.26 Å². The first-order valence-corrected chi connectivity index (χ1v) is 10.9. The molecule has 0 unspecified atom stereocenters. The molecule has 1 aliphatic heterocycles. The fourth-order valence-electron chi connectivity index (χ4n) is 3.93. The van der Waals surface area contributed by atoms with E-state index in [0.717, 1.165) is 44.9 Å². The highest BCUT2D eigenvalue weighted by Crippen LogP contribution is 2.26. The van der Waals surface area contributed by atoms with Crippen molar-refractivity contribution in [3.63, 3.8) is 0 Å². The molecule has 0 amide bonds. The van der Waals surface area contributed by atoms with Crippen LogP contribution in [0, 0.1) is 11.3 Å². The predicted octanol–water partition coefficient (Wildman–Crippen LogP) is 3.63. The van der Waals surface area contributed by atoms with Gasteiger partial charge in [-0.2, -0.15) is 5.26 Å². The number of ether oxygens (including phenoxy) is 1. The fraction of sp³-hybridized carbons (Fsp3) is 0.480. The normalized spacial score (nSPS) is 16.8. The van der Waals surface area contributed by atoms with E-state index < -0.39 is 6.10 Å². The van der Waals surface area contributed by atoms with Crippen molar-refractivity contribution in [1.82, 2.24) is 9.80 Å². The Labute approximate surface area is 180 Å². The number of aliphatic hydroxyl groups is 1. The van der Waals surface area contributed by atoms with Crippen molar-refractivity contribution in [3.8, 4) is 11.8 Å². The molecule has 160 valence electrons. The molecule has 5 nitrogen and oxygen atoms in total. The van der Waals surface area contributed by atoms with E-state index in [-0.39, 0.29) is 0 Å². The molecule has 3 rings (SSSR count). The number of hydrogen-bond donors (Lipinski definition) is 1. The van der Waals surface area contributed by atoms with Crippen LogP contribution >= 0.6 is 0 Å². The van der Waals surface area contributed by atoms with Crippen LogP contribution in [0.1, 0.15) is 42.9 Å². The zero-order valence-corrected chi connectivity index (χ0v) is 18.1. The van der Waals surface area contributed by atoms with Gasteiger partial charge in [0, 0.05) is 26.2 Å². The van der Waals surface area contributed by atoms with Crippen molar-refractivity contribution in [3.05, 3.63) is 65.2 Å². The maximum atomic E-state index is 10.5. The molecule has 1 N–H and O–H groups in total. The minimum Gasteiger partial charge on any atom is -0.491 e. The van der Waals surface area contributed by atoms with E-state index in [4.69, 9.17) is 10.00 Å². The van der Waals surface area contributed by atoms with Crippen LogP contribution in [0.5, 0.6) is 5.75 Å². The Bertz CT molecular complexity index is 829. The Kier molecular flexibility index (Phi) is 8.27. The van der Waals surface area contributed by atoms with Crippen LogP contribution < -0.4 is 4.74 Å². The SMILES string of the molecule is CC(C)c1ccccc1OC[C@H](O)CN1CCCN(Cc2ccc(C#N)cc2)CC1. The third-order valence-corrected chi connectivity index (χ3v) is 5.61. The van der Waals surface area contributed by atoms with Crippen molar-refractivity contribution in [2.75, 3.05) is 39.3 Å². The topological polar surface area (TPSA) is 59.7 Å². The summed E-state index contributed by atoms with van der Waals surface area (Å²) < 4.78 is 5.94. The lowest BCUT2D eigenvalue weighted by atomic mass is 10.0. The number of nitrogens with zero attached hydrogens (tertiary/aromatic N) is 3. The number of aliphatic hydroxyl groups excluding tert-OH is 1. The summed E-state index contributed by atoms with van der Waals surface area (Å²) in [6, 6.07) is 18.1. The van der Waals surface area contributed by atoms with Crippen LogP contribution in [0.15, 0.2) is 48.5 Å². The van der Waals surface area contributed by atoms with Crippen LogP contribution in [-0.4, -0.2) is 60.3 Å². The van der Waals surface area contributed by atoms with Gasteiger partial charge in [-0.05, 0) is 54.8 Å². The quantitative estimate of drug-likeness (QED) is 0.724. The highest BCUT2D eigenvalue weighted by Gasteiger charge is 2.18. The molecule has 2 aromatic carbocycles. The molecule has 0 spiro atoms. The minimum atomic E-state index is -0.504. The number of rotatable bonds is 8. The summed E-state index contributed by atoms with van der Waals surface area (Å²) in [5.41, 5.74) is 3.12. The average molecular weight is 408 g/mol. The van der Waals surface area contributed by atoms with Gasteiger partial charge in [0.05, 0.1) is 11.6 Å². The number of nitriles is 1. The van der Waals surface area contributed by atoms with Gasteiger partial charge in [0.25, 0.3) is 0 Å². The zero-order chi connectivity index (χ0) is 21.3. The number of benzene rings is 2. The van der Waals surface area contributed by atoms with E-state index >= 15 is 0 Å². The molecule has 1 heterocycles. The van der Waals surface area contributed by atoms with Crippen LogP contribution in [-0.2, 0) is 6.54 Å². The molecule has 1 fully saturated rings. The van der Waals surface area contributed by atoms with Crippen molar-refractivity contribution < 1.29 is 9.84 Å². The average Bonchev–Trinajstić information content (AvgIpc) is 2.98. The largest absolute Gasteiger partial charge is 0.491 e. The smallest absolute Gasteiger partial charge is 0.122 e. The summed E-state index contributed by atoms with van der Waals surface area (Å²) in [5.74, 6) is 1.27. The molecule has 1 aliphatic rings. The Balaban J connectivity index is 1.44. The van der Waals surface area contributed by atoms with Crippen LogP contribution in [0.2, 0.25) is 0 Å². The lowest BCUT2D eigenvalue weighted by Gasteiger charge is -2.24. The maximum Gasteiger partial charge on any atom is 0.122 e. The summed E-state index contributed by atoms with van der Waals surface area (Å²) in [4.78, 5) is 4.78. The molecule has 0 aliphatic carbocycles. The second-order valence-corrected chi connectivity index (χ2v) is 8.40. The molecule has 0 saturated carbocycles. The molecule has 0 aromatic heterocycles. The number of hydrogen-bond acceptors (Lipinski definition) is 5. The summed E-state index contributed by atoms with van der Waals surface area (Å²) >= 11 is 0. The summed E-state index contributed by atoms with van der Waals surface area (Å²) in [6.07, 6.45) is 0.579. The Morgan fingerprint density at radius 1 is 1.00 bits per heavy atom. The van der Waals surface area contributed by atoms with Gasteiger partial charge in [-0.25, -0.2) is 0 Å². The zero-order valence-electron chi connectivity index (χ0n) is 18.1. The minimum absolute atomic E-state index is 0.315. The van der Waals surface area contributed by atoms with E-state index in [1.54, 1.807) is 0 Å². The first-order valence-electron chi connectivity index (χ1n) is 10.9. The molecule has 0 radical (unpaired) electrons. The second-order valence-electron chi connectivity index (χ2n) is 8.40. The highest BCUT2D eigenvalue weighted by atomic mass is 16.5. The van der Waals surface area contributed by atoms with Gasteiger partial charge < -0.3 is 9.84 Å². The second kappa shape index (κ2) is 11.1. The molecule has 1 saturated heterocycles. The van der Waals surface area contributed by atoms with Gasteiger partial charge in [-0.15, -0.1) is 0 Å². The van der Waals surface area contributed by atoms with E-state index in [1.165, 1.54) is 11.1 Å².